The minimum atomic E-state index is -0.510. The van der Waals surface area contributed by atoms with E-state index in [1.807, 2.05) is 69.3 Å². The molecule has 166 valence electrons. The third-order valence-electron chi connectivity index (χ3n) is 4.66. The number of urea groups is 1. The molecule has 2 N–H and O–H groups in total. The molecule has 0 aromatic heterocycles. The summed E-state index contributed by atoms with van der Waals surface area (Å²) in [6, 6.07) is 15.0. The van der Waals surface area contributed by atoms with Gasteiger partial charge in [0.2, 0.25) is 0 Å². The van der Waals surface area contributed by atoms with Crippen LogP contribution in [0.5, 0.6) is 0 Å². The summed E-state index contributed by atoms with van der Waals surface area (Å²) in [4.78, 5) is 28.4. The summed E-state index contributed by atoms with van der Waals surface area (Å²) in [5.41, 5.74) is 0.231. The summed E-state index contributed by atoms with van der Waals surface area (Å²) >= 11 is 7.52. The van der Waals surface area contributed by atoms with Gasteiger partial charge in [-0.2, -0.15) is 0 Å². The highest BCUT2D eigenvalue weighted by molar-refractivity contribution is 7.99. The van der Waals surface area contributed by atoms with E-state index in [0.29, 0.717) is 31.0 Å². The molecule has 1 aliphatic rings. The van der Waals surface area contributed by atoms with E-state index in [4.69, 9.17) is 16.3 Å². The van der Waals surface area contributed by atoms with Crippen molar-refractivity contribution in [3.05, 3.63) is 53.6 Å². The number of nitrogens with zero attached hydrogens (tertiary/aromatic N) is 1. The Hall–Kier alpha value is -2.38. The van der Waals surface area contributed by atoms with Crippen molar-refractivity contribution in [3.8, 4) is 0 Å². The zero-order valence-corrected chi connectivity index (χ0v) is 19.6. The van der Waals surface area contributed by atoms with Crippen LogP contribution in [0.4, 0.5) is 15.3 Å². The number of nitrogens with one attached hydrogen (secondary N) is 2. The second-order valence-electron chi connectivity index (χ2n) is 8.39. The number of rotatable bonds is 4. The van der Waals surface area contributed by atoms with Crippen LogP contribution in [0.25, 0.3) is 0 Å². The SMILES string of the molecule is CC(C)(C)OC(=O)N1CCC(NC(=O)Nc2ccccc2Sc2ccc(Cl)cc2)CC1. The molecule has 1 aliphatic heterocycles. The van der Waals surface area contributed by atoms with Crippen LogP contribution in [0.15, 0.2) is 58.3 Å². The molecule has 2 aromatic carbocycles. The van der Waals surface area contributed by atoms with Crippen LogP contribution in [0.1, 0.15) is 33.6 Å². The Morgan fingerprint density at radius 1 is 1.06 bits per heavy atom. The highest BCUT2D eigenvalue weighted by atomic mass is 35.5. The highest BCUT2D eigenvalue weighted by Gasteiger charge is 2.27. The first-order chi connectivity index (χ1) is 14.7. The quantitative estimate of drug-likeness (QED) is 0.584. The molecule has 0 saturated carbocycles. The van der Waals surface area contributed by atoms with E-state index in [0.717, 1.165) is 15.5 Å². The van der Waals surface area contributed by atoms with Gasteiger partial charge in [0.05, 0.1) is 5.69 Å². The van der Waals surface area contributed by atoms with Crippen molar-refractivity contribution < 1.29 is 14.3 Å². The molecule has 6 nitrogen and oxygen atoms in total. The first-order valence-electron chi connectivity index (χ1n) is 10.3. The number of benzene rings is 2. The van der Waals surface area contributed by atoms with Gasteiger partial charge < -0.3 is 20.3 Å². The van der Waals surface area contributed by atoms with Crippen molar-refractivity contribution in [1.82, 2.24) is 10.2 Å². The van der Waals surface area contributed by atoms with E-state index >= 15 is 0 Å². The fourth-order valence-electron chi connectivity index (χ4n) is 3.17. The molecule has 1 heterocycles. The molecule has 0 radical (unpaired) electrons. The molecule has 2 aromatic rings. The van der Waals surface area contributed by atoms with Crippen molar-refractivity contribution in [2.24, 2.45) is 0 Å². The number of carbonyl (C=O) groups excluding carboxylic acids is 2. The molecule has 3 rings (SSSR count). The Morgan fingerprint density at radius 3 is 2.35 bits per heavy atom. The Kier molecular flexibility index (Phi) is 7.73. The summed E-state index contributed by atoms with van der Waals surface area (Å²) in [5.74, 6) is 0. The lowest BCUT2D eigenvalue weighted by molar-refractivity contribution is 0.0202. The second kappa shape index (κ2) is 10.3. The van der Waals surface area contributed by atoms with E-state index in [9.17, 15) is 9.59 Å². The molecular formula is C23H28ClN3O3S. The van der Waals surface area contributed by atoms with Gasteiger partial charge in [0, 0.05) is 33.9 Å². The molecule has 31 heavy (non-hydrogen) atoms. The molecule has 0 aliphatic carbocycles. The van der Waals surface area contributed by atoms with Gasteiger partial charge in [-0.25, -0.2) is 9.59 Å². The lowest BCUT2D eigenvalue weighted by Crippen LogP contribution is -2.48. The van der Waals surface area contributed by atoms with Crippen molar-refractivity contribution in [2.75, 3.05) is 18.4 Å². The molecule has 0 bridgehead atoms. The lowest BCUT2D eigenvalue weighted by atomic mass is 10.1. The average Bonchev–Trinajstić information content (AvgIpc) is 2.70. The molecule has 8 heteroatoms. The molecule has 0 atom stereocenters. The number of para-hydroxylation sites is 1. The minimum Gasteiger partial charge on any atom is -0.444 e. The van der Waals surface area contributed by atoms with Crippen LogP contribution < -0.4 is 10.6 Å². The Balaban J connectivity index is 1.51. The van der Waals surface area contributed by atoms with E-state index in [1.54, 1.807) is 16.7 Å². The van der Waals surface area contributed by atoms with Crippen LogP contribution in [-0.2, 0) is 4.74 Å². The van der Waals surface area contributed by atoms with Crippen molar-refractivity contribution in [1.29, 1.82) is 0 Å². The maximum absolute atomic E-state index is 12.6. The molecule has 1 saturated heterocycles. The smallest absolute Gasteiger partial charge is 0.410 e. The van der Waals surface area contributed by atoms with Crippen LogP contribution in [-0.4, -0.2) is 41.8 Å². The van der Waals surface area contributed by atoms with Gasteiger partial charge in [0.15, 0.2) is 0 Å². The summed E-state index contributed by atoms with van der Waals surface area (Å²) in [7, 11) is 0. The summed E-state index contributed by atoms with van der Waals surface area (Å²) < 4.78 is 5.42. The maximum atomic E-state index is 12.6. The monoisotopic (exact) mass is 461 g/mol. The van der Waals surface area contributed by atoms with Crippen LogP contribution >= 0.6 is 23.4 Å². The predicted octanol–water partition coefficient (Wildman–Crippen LogP) is 6.01. The molecule has 1 fully saturated rings. The number of likely N-dealkylation sites (tertiary alicyclic amines) is 1. The summed E-state index contributed by atoms with van der Waals surface area (Å²) in [5, 5.41) is 6.66. The number of hydrogen-bond acceptors (Lipinski definition) is 4. The number of halogens is 1. The standard InChI is InChI=1S/C23H28ClN3O3S/c1-23(2,3)30-22(29)27-14-12-17(13-15-27)25-21(28)26-19-6-4-5-7-20(19)31-18-10-8-16(24)9-11-18/h4-11,17H,12-15H2,1-3H3,(H2,25,26,28). The highest BCUT2D eigenvalue weighted by Crippen LogP contribution is 2.33. The van der Waals surface area contributed by atoms with Gasteiger partial charge in [-0.05, 0) is 70.0 Å². The number of anilines is 1. The first-order valence-corrected chi connectivity index (χ1v) is 11.5. The van der Waals surface area contributed by atoms with Crippen molar-refractivity contribution >= 4 is 41.2 Å². The van der Waals surface area contributed by atoms with Crippen LogP contribution in [0, 0.1) is 0 Å². The molecule has 3 amide bonds. The van der Waals surface area contributed by atoms with Gasteiger partial charge in [0.25, 0.3) is 0 Å². The second-order valence-corrected chi connectivity index (χ2v) is 9.94. The summed E-state index contributed by atoms with van der Waals surface area (Å²) in [6.07, 6.45) is 1.07. The molecule has 0 spiro atoms. The zero-order valence-electron chi connectivity index (χ0n) is 18.0. The average molecular weight is 462 g/mol. The van der Waals surface area contributed by atoms with Gasteiger partial charge in [-0.1, -0.05) is 35.5 Å². The predicted molar refractivity (Wildman–Crippen MR) is 125 cm³/mol. The Bertz CT molecular complexity index is 907. The van der Waals surface area contributed by atoms with E-state index < -0.39 is 5.60 Å². The fourth-order valence-corrected chi connectivity index (χ4v) is 4.19. The molecular weight excluding hydrogens is 434 g/mol. The Labute approximate surface area is 192 Å². The minimum absolute atomic E-state index is 0.00904. The van der Waals surface area contributed by atoms with Gasteiger partial charge >= 0.3 is 12.1 Å². The normalized spacial score (nSPS) is 14.8. The van der Waals surface area contributed by atoms with Gasteiger partial charge in [-0.3, -0.25) is 0 Å². The largest absolute Gasteiger partial charge is 0.444 e. The van der Waals surface area contributed by atoms with E-state index in [2.05, 4.69) is 10.6 Å². The third kappa shape index (κ3) is 7.36. The summed E-state index contributed by atoms with van der Waals surface area (Å²) in [6.45, 7) is 6.68. The van der Waals surface area contributed by atoms with Gasteiger partial charge in [0.1, 0.15) is 5.60 Å². The number of piperidine rings is 1. The van der Waals surface area contributed by atoms with E-state index in [1.165, 1.54) is 0 Å². The van der Waals surface area contributed by atoms with Crippen molar-refractivity contribution in [2.45, 2.75) is 55.0 Å². The van der Waals surface area contributed by atoms with Gasteiger partial charge in [-0.15, -0.1) is 0 Å². The molecule has 0 unspecified atom stereocenters. The Morgan fingerprint density at radius 2 is 1.71 bits per heavy atom. The van der Waals surface area contributed by atoms with Crippen LogP contribution in [0.2, 0.25) is 5.02 Å². The van der Waals surface area contributed by atoms with Crippen LogP contribution in [0.3, 0.4) is 0 Å². The number of hydrogen-bond donors (Lipinski definition) is 2. The van der Waals surface area contributed by atoms with Crippen molar-refractivity contribution in [3.63, 3.8) is 0 Å². The zero-order chi connectivity index (χ0) is 22.4. The number of ether oxygens (including phenoxy) is 1. The number of carbonyl (C=O) groups is 2. The first kappa shape index (κ1) is 23.3. The maximum Gasteiger partial charge on any atom is 0.410 e. The topological polar surface area (TPSA) is 70.7 Å². The fraction of sp³-hybridized carbons (Fsp3) is 0.391. The number of amides is 3. The third-order valence-corrected chi connectivity index (χ3v) is 5.99. The lowest BCUT2D eigenvalue weighted by Gasteiger charge is -2.33. The van der Waals surface area contributed by atoms with E-state index in [-0.39, 0.29) is 18.2 Å².